The van der Waals surface area contributed by atoms with Crippen molar-refractivity contribution < 1.29 is 5.11 Å². The van der Waals surface area contributed by atoms with Gasteiger partial charge in [-0.1, -0.05) is 12.6 Å². The predicted molar refractivity (Wildman–Crippen MR) is 54.4 cm³/mol. The van der Waals surface area contributed by atoms with E-state index in [-0.39, 0.29) is 6.61 Å². The molecule has 2 rings (SSSR count). The molecule has 1 aromatic carbocycles. The zero-order valence-corrected chi connectivity index (χ0v) is 7.25. The number of aliphatic hydroxyl groups excluding tert-OH is 1. The first kappa shape index (κ1) is 8.08. The Balaban J connectivity index is 2.54. The molecule has 0 radical (unpaired) electrons. The first-order chi connectivity index (χ1) is 6.31. The summed E-state index contributed by atoms with van der Waals surface area (Å²) in [5.41, 5.74) is 2.85. The molecule has 1 aromatic heterocycles. The Bertz CT molecular complexity index is 442. The van der Waals surface area contributed by atoms with E-state index in [2.05, 4.69) is 11.6 Å². The lowest BCUT2D eigenvalue weighted by Crippen LogP contribution is -1.87. The van der Waals surface area contributed by atoms with Crippen LogP contribution in [0.15, 0.2) is 37.0 Å². The van der Waals surface area contributed by atoms with Gasteiger partial charge in [0.1, 0.15) is 0 Å². The quantitative estimate of drug-likeness (QED) is 0.717. The summed E-state index contributed by atoms with van der Waals surface area (Å²) in [5.74, 6) is 0. The molecule has 0 atom stereocenters. The summed E-state index contributed by atoms with van der Waals surface area (Å²) in [6.07, 6.45) is 1.90. The molecule has 0 unspecified atom stereocenters. The number of aliphatic hydroxyl groups is 1. The van der Waals surface area contributed by atoms with Gasteiger partial charge < -0.3 is 10.1 Å². The second-order valence-corrected chi connectivity index (χ2v) is 3.04. The summed E-state index contributed by atoms with van der Waals surface area (Å²) in [5, 5.41) is 10.0. The molecule has 1 heterocycles. The number of nitrogens with one attached hydrogen (secondary N) is 1. The van der Waals surface area contributed by atoms with E-state index in [1.807, 2.05) is 30.5 Å². The predicted octanol–water partition coefficient (Wildman–Crippen LogP) is 2.17. The van der Waals surface area contributed by atoms with Crippen molar-refractivity contribution in [1.82, 2.24) is 4.98 Å². The highest BCUT2D eigenvalue weighted by atomic mass is 16.3. The van der Waals surface area contributed by atoms with Crippen molar-refractivity contribution in [1.29, 1.82) is 0 Å². The molecule has 0 bridgehead atoms. The van der Waals surface area contributed by atoms with Crippen molar-refractivity contribution in [2.45, 2.75) is 0 Å². The highest BCUT2D eigenvalue weighted by Crippen LogP contribution is 2.18. The van der Waals surface area contributed by atoms with E-state index in [1.54, 1.807) is 0 Å². The van der Waals surface area contributed by atoms with Gasteiger partial charge in [0, 0.05) is 11.7 Å². The summed E-state index contributed by atoms with van der Waals surface area (Å²) in [6.45, 7) is 3.78. The van der Waals surface area contributed by atoms with Crippen LogP contribution in [0.1, 0.15) is 5.56 Å². The minimum Gasteiger partial charge on any atom is -0.392 e. The number of fused-ring (bicyclic) bond motifs is 1. The van der Waals surface area contributed by atoms with Gasteiger partial charge >= 0.3 is 0 Å². The fourth-order valence-corrected chi connectivity index (χ4v) is 1.36. The van der Waals surface area contributed by atoms with Crippen LogP contribution >= 0.6 is 0 Å². The van der Waals surface area contributed by atoms with E-state index < -0.39 is 0 Å². The zero-order valence-electron chi connectivity index (χ0n) is 7.25. The number of aromatic nitrogens is 1. The van der Waals surface area contributed by atoms with Gasteiger partial charge in [0.2, 0.25) is 0 Å². The number of rotatable bonds is 2. The number of H-pyrrole nitrogens is 1. The normalized spacial score (nSPS) is 10.5. The lowest BCUT2D eigenvalue weighted by Gasteiger charge is -2.01. The van der Waals surface area contributed by atoms with Crippen LogP contribution in [-0.2, 0) is 0 Å². The molecule has 2 nitrogen and oxygen atoms in total. The standard InChI is InChI=1S/C11H11NO/c1-8(7-13)9-2-3-11-10(6-9)4-5-12-11/h2-6,12-13H,1,7H2. The van der Waals surface area contributed by atoms with Crippen LogP contribution in [0.3, 0.4) is 0 Å². The topological polar surface area (TPSA) is 36.0 Å². The maximum atomic E-state index is 8.90. The third-order valence-electron chi connectivity index (χ3n) is 2.15. The van der Waals surface area contributed by atoms with Gasteiger partial charge in [-0.15, -0.1) is 0 Å². The fourth-order valence-electron chi connectivity index (χ4n) is 1.36. The van der Waals surface area contributed by atoms with Crippen LogP contribution in [0.2, 0.25) is 0 Å². The molecule has 2 N–H and O–H groups in total. The largest absolute Gasteiger partial charge is 0.392 e. The Labute approximate surface area is 76.5 Å². The average molecular weight is 173 g/mol. The molecule has 0 fully saturated rings. The monoisotopic (exact) mass is 173 g/mol. The Kier molecular flexibility index (Phi) is 1.91. The van der Waals surface area contributed by atoms with Gasteiger partial charge in [0.15, 0.2) is 0 Å². The second-order valence-electron chi connectivity index (χ2n) is 3.04. The SMILES string of the molecule is C=C(CO)c1ccc2[nH]ccc2c1. The Morgan fingerprint density at radius 2 is 2.23 bits per heavy atom. The van der Waals surface area contributed by atoms with Gasteiger partial charge in [0.05, 0.1) is 6.61 Å². The van der Waals surface area contributed by atoms with Crippen LogP contribution in [-0.4, -0.2) is 16.7 Å². The molecule has 2 aromatic rings. The van der Waals surface area contributed by atoms with Crippen LogP contribution in [0.5, 0.6) is 0 Å². The minimum atomic E-state index is 0.00985. The first-order valence-electron chi connectivity index (χ1n) is 4.17. The van der Waals surface area contributed by atoms with Crippen molar-refractivity contribution in [2.24, 2.45) is 0 Å². The molecule has 0 spiro atoms. The molecule has 0 aliphatic rings. The van der Waals surface area contributed by atoms with Crippen molar-refractivity contribution >= 4 is 16.5 Å². The Hall–Kier alpha value is -1.54. The number of hydrogen-bond acceptors (Lipinski definition) is 1. The van der Waals surface area contributed by atoms with E-state index >= 15 is 0 Å². The van der Waals surface area contributed by atoms with E-state index in [9.17, 15) is 0 Å². The second kappa shape index (κ2) is 3.07. The summed E-state index contributed by atoms with van der Waals surface area (Å²) in [7, 11) is 0. The minimum absolute atomic E-state index is 0.00985. The van der Waals surface area contributed by atoms with Gasteiger partial charge in [-0.3, -0.25) is 0 Å². The van der Waals surface area contributed by atoms with E-state index in [1.165, 1.54) is 0 Å². The van der Waals surface area contributed by atoms with Crippen molar-refractivity contribution in [3.05, 3.63) is 42.6 Å². The molecule has 13 heavy (non-hydrogen) atoms. The van der Waals surface area contributed by atoms with Crippen LogP contribution in [0, 0.1) is 0 Å². The van der Waals surface area contributed by atoms with E-state index in [0.29, 0.717) is 0 Å². The number of aromatic amines is 1. The van der Waals surface area contributed by atoms with E-state index in [0.717, 1.165) is 22.0 Å². The highest BCUT2D eigenvalue weighted by Gasteiger charge is 1.99. The Morgan fingerprint density at radius 1 is 1.38 bits per heavy atom. The smallest absolute Gasteiger partial charge is 0.0681 e. The van der Waals surface area contributed by atoms with Gasteiger partial charge in [-0.25, -0.2) is 0 Å². The first-order valence-corrected chi connectivity index (χ1v) is 4.17. The van der Waals surface area contributed by atoms with Gasteiger partial charge in [-0.05, 0) is 34.7 Å². The van der Waals surface area contributed by atoms with Crippen LogP contribution in [0.4, 0.5) is 0 Å². The van der Waals surface area contributed by atoms with Gasteiger partial charge in [0.25, 0.3) is 0 Å². The molecule has 0 saturated heterocycles. The maximum Gasteiger partial charge on any atom is 0.0681 e. The van der Waals surface area contributed by atoms with Crippen molar-refractivity contribution in [2.75, 3.05) is 6.61 Å². The Morgan fingerprint density at radius 3 is 3.00 bits per heavy atom. The molecular weight excluding hydrogens is 162 g/mol. The van der Waals surface area contributed by atoms with E-state index in [4.69, 9.17) is 5.11 Å². The molecule has 2 heteroatoms. The summed E-state index contributed by atoms with van der Waals surface area (Å²) in [6, 6.07) is 7.97. The summed E-state index contributed by atoms with van der Waals surface area (Å²) >= 11 is 0. The summed E-state index contributed by atoms with van der Waals surface area (Å²) in [4.78, 5) is 3.11. The third kappa shape index (κ3) is 1.36. The molecule has 0 aliphatic carbocycles. The fraction of sp³-hybridized carbons (Fsp3) is 0.0909. The number of hydrogen-bond donors (Lipinski definition) is 2. The maximum absolute atomic E-state index is 8.90. The molecular formula is C11H11NO. The third-order valence-corrected chi connectivity index (χ3v) is 2.15. The van der Waals surface area contributed by atoms with Crippen molar-refractivity contribution in [3.63, 3.8) is 0 Å². The average Bonchev–Trinajstić information content (AvgIpc) is 2.63. The molecule has 0 amide bonds. The lowest BCUT2D eigenvalue weighted by atomic mass is 10.1. The van der Waals surface area contributed by atoms with Gasteiger partial charge in [-0.2, -0.15) is 0 Å². The molecule has 0 aliphatic heterocycles. The lowest BCUT2D eigenvalue weighted by molar-refractivity contribution is 0.350. The number of benzene rings is 1. The summed E-state index contributed by atoms with van der Waals surface area (Å²) < 4.78 is 0. The zero-order chi connectivity index (χ0) is 9.26. The van der Waals surface area contributed by atoms with Crippen LogP contribution in [0.25, 0.3) is 16.5 Å². The molecule has 66 valence electrons. The highest BCUT2D eigenvalue weighted by molar-refractivity contribution is 5.83. The van der Waals surface area contributed by atoms with Crippen molar-refractivity contribution in [3.8, 4) is 0 Å². The molecule has 0 saturated carbocycles. The van der Waals surface area contributed by atoms with Crippen LogP contribution < -0.4 is 0 Å².